The zero-order chi connectivity index (χ0) is 36.7. The van der Waals surface area contributed by atoms with E-state index in [4.69, 9.17) is 13.3 Å². The van der Waals surface area contributed by atoms with Crippen molar-refractivity contribution in [3.05, 3.63) is 188 Å². The molecule has 0 fully saturated rings. The summed E-state index contributed by atoms with van der Waals surface area (Å²) in [6.45, 7) is 0. The number of anilines is 3. The first kappa shape index (κ1) is 30.9. The Morgan fingerprint density at radius 1 is 0.321 bits per heavy atom. The molecule has 0 atom stereocenters. The SMILES string of the molecule is c1ccc(N(c2ccc3oc4c(-c5ccc6c(c5)oc5cccc(-c7ccc8c(c7)oc7ccccc78)c56)cccc4c3c2)c2cccc3ccccc23)cc1. The molecule has 0 amide bonds. The minimum atomic E-state index is 0.832. The Balaban J connectivity index is 0.979. The molecule has 12 rings (SSSR count). The van der Waals surface area contributed by atoms with E-state index in [0.29, 0.717) is 0 Å². The molecule has 4 nitrogen and oxygen atoms in total. The average molecular weight is 718 g/mol. The lowest BCUT2D eigenvalue weighted by Gasteiger charge is -2.26. The van der Waals surface area contributed by atoms with Gasteiger partial charge in [0, 0.05) is 54.6 Å². The smallest absolute Gasteiger partial charge is 0.143 e. The Labute approximate surface area is 321 Å². The molecule has 3 aromatic heterocycles. The van der Waals surface area contributed by atoms with Crippen LogP contribution in [0.2, 0.25) is 0 Å². The third-order valence-corrected chi connectivity index (χ3v) is 11.3. The van der Waals surface area contributed by atoms with Gasteiger partial charge in [-0.05, 0) is 94.9 Å². The van der Waals surface area contributed by atoms with Gasteiger partial charge in [0.05, 0.1) is 5.69 Å². The second kappa shape index (κ2) is 12.0. The fourth-order valence-corrected chi connectivity index (χ4v) is 8.69. The van der Waals surface area contributed by atoms with E-state index in [1.165, 1.54) is 10.8 Å². The molecule has 0 N–H and O–H groups in total. The quantitative estimate of drug-likeness (QED) is 0.178. The van der Waals surface area contributed by atoms with E-state index in [-0.39, 0.29) is 0 Å². The number of hydrogen-bond acceptors (Lipinski definition) is 4. The Morgan fingerprint density at radius 3 is 1.86 bits per heavy atom. The average Bonchev–Trinajstić information content (AvgIpc) is 3.95. The number of benzene rings is 9. The van der Waals surface area contributed by atoms with Crippen LogP contribution in [0.25, 0.3) is 98.8 Å². The van der Waals surface area contributed by atoms with Crippen LogP contribution >= 0.6 is 0 Å². The minimum Gasteiger partial charge on any atom is -0.456 e. The zero-order valence-corrected chi connectivity index (χ0v) is 30.1. The van der Waals surface area contributed by atoms with E-state index in [0.717, 1.165) is 105 Å². The van der Waals surface area contributed by atoms with Crippen LogP contribution in [-0.2, 0) is 0 Å². The molecule has 0 spiro atoms. The number of para-hydroxylation sites is 3. The third kappa shape index (κ3) is 4.66. The van der Waals surface area contributed by atoms with Crippen molar-refractivity contribution in [2.45, 2.75) is 0 Å². The fraction of sp³-hybridized carbons (Fsp3) is 0. The number of rotatable bonds is 5. The lowest BCUT2D eigenvalue weighted by molar-refractivity contribution is 0.667. The van der Waals surface area contributed by atoms with Gasteiger partial charge in [0.2, 0.25) is 0 Å². The highest BCUT2D eigenvalue weighted by Crippen LogP contribution is 2.44. The van der Waals surface area contributed by atoms with Crippen LogP contribution in [0, 0.1) is 0 Å². The van der Waals surface area contributed by atoms with E-state index < -0.39 is 0 Å². The lowest BCUT2D eigenvalue weighted by atomic mass is 9.97. The van der Waals surface area contributed by atoms with Crippen LogP contribution < -0.4 is 4.90 Å². The van der Waals surface area contributed by atoms with Crippen LogP contribution in [0.4, 0.5) is 17.1 Å². The number of hydrogen-bond donors (Lipinski definition) is 0. The molecule has 262 valence electrons. The molecule has 0 aliphatic rings. The van der Waals surface area contributed by atoms with Gasteiger partial charge in [-0.25, -0.2) is 0 Å². The van der Waals surface area contributed by atoms with Crippen molar-refractivity contribution < 1.29 is 13.3 Å². The highest BCUT2D eigenvalue weighted by Gasteiger charge is 2.20. The first-order chi connectivity index (χ1) is 27.7. The Bertz CT molecular complexity index is 3490. The predicted octanol–water partition coefficient (Wildman–Crippen LogP) is 15.3. The van der Waals surface area contributed by atoms with Crippen molar-refractivity contribution in [3.8, 4) is 22.3 Å². The molecule has 3 heterocycles. The van der Waals surface area contributed by atoms with Gasteiger partial charge in [0.25, 0.3) is 0 Å². The Kier molecular flexibility index (Phi) is 6.60. The molecule has 0 aliphatic carbocycles. The number of fused-ring (bicyclic) bond motifs is 10. The third-order valence-electron chi connectivity index (χ3n) is 11.3. The first-order valence-electron chi connectivity index (χ1n) is 18.9. The van der Waals surface area contributed by atoms with Gasteiger partial charge in [-0.2, -0.15) is 0 Å². The molecule has 0 radical (unpaired) electrons. The molecule has 56 heavy (non-hydrogen) atoms. The highest BCUT2D eigenvalue weighted by atomic mass is 16.3. The zero-order valence-electron chi connectivity index (χ0n) is 30.1. The van der Waals surface area contributed by atoms with Crippen molar-refractivity contribution in [1.29, 1.82) is 0 Å². The van der Waals surface area contributed by atoms with E-state index in [9.17, 15) is 0 Å². The van der Waals surface area contributed by atoms with Crippen LogP contribution in [-0.4, -0.2) is 0 Å². The second-order valence-corrected chi connectivity index (χ2v) is 14.4. The van der Waals surface area contributed by atoms with E-state index >= 15 is 0 Å². The monoisotopic (exact) mass is 717 g/mol. The molecule has 12 aromatic rings. The van der Waals surface area contributed by atoms with Gasteiger partial charge in [-0.15, -0.1) is 0 Å². The van der Waals surface area contributed by atoms with E-state index in [1.807, 2.05) is 18.2 Å². The maximum Gasteiger partial charge on any atom is 0.143 e. The van der Waals surface area contributed by atoms with Crippen molar-refractivity contribution >= 4 is 93.7 Å². The van der Waals surface area contributed by atoms with Crippen LogP contribution in [0.3, 0.4) is 0 Å². The largest absolute Gasteiger partial charge is 0.456 e. The van der Waals surface area contributed by atoms with Crippen LogP contribution in [0.1, 0.15) is 0 Å². The summed E-state index contributed by atoms with van der Waals surface area (Å²) in [5.41, 5.74) is 12.7. The maximum absolute atomic E-state index is 6.70. The van der Waals surface area contributed by atoms with E-state index in [2.05, 4.69) is 175 Å². The maximum atomic E-state index is 6.70. The van der Waals surface area contributed by atoms with Crippen molar-refractivity contribution in [1.82, 2.24) is 0 Å². The molecule has 0 unspecified atom stereocenters. The minimum absolute atomic E-state index is 0.832. The topological polar surface area (TPSA) is 42.7 Å². The van der Waals surface area contributed by atoms with Crippen LogP contribution in [0.15, 0.2) is 201 Å². The van der Waals surface area contributed by atoms with Crippen molar-refractivity contribution in [2.75, 3.05) is 4.90 Å². The molecule has 0 aliphatic heterocycles. The van der Waals surface area contributed by atoms with Gasteiger partial charge in [0.15, 0.2) is 0 Å². The van der Waals surface area contributed by atoms with E-state index in [1.54, 1.807) is 0 Å². The van der Waals surface area contributed by atoms with Gasteiger partial charge >= 0.3 is 0 Å². The standard InChI is InChI=1S/C52H31NO3/c1-2-13-35(14-3-1)53(45-20-8-12-32-11-4-5-15-37(32)45)36-25-28-47-44(31-36)42-19-9-18-39(52(42)56-47)34-24-27-43-50(30-34)55-48-22-10-17-38(51(43)48)33-23-26-41-40-16-6-7-21-46(40)54-49(41)29-33/h1-31H. The van der Waals surface area contributed by atoms with Gasteiger partial charge < -0.3 is 18.2 Å². The van der Waals surface area contributed by atoms with Gasteiger partial charge in [-0.3, -0.25) is 0 Å². The van der Waals surface area contributed by atoms with Crippen molar-refractivity contribution in [3.63, 3.8) is 0 Å². The summed E-state index contributed by atoms with van der Waals surface area (Å²) in [5.74, 6) is 0. The summed E-state index contributed by atoms with van der Waals surface area (Å²) in [6, 6.07) is 66.0. The molecule has 4 heteroatoms. The van der Waals surface area contributed by atoms with Gasteiger partial charge in [-0.1, -0.05) is 115 Å². The van der Waals surface area contributed by atoms with Crippen LogP contribution in [0.5, 0.6) is 0 Å². The highest BCUT2D eigenvalue weighted by molar-refractivity contribution is 6.16. The fourth-order valence-electron chi connectivity index (χ4n) is 8.69. The molecular weight excluding hydrogens is 687 g/mol. The normalized spacial score (nSPS) is 11.9. The first-order valence-corrected chi connectivity index (χ1v) is 18.9. The van der Waals surface area contributed by atoms with Crippen molar-refractivity contribution in [2.24, 2.45) is 0 Å². The Hall–Kier alpha value is -7.56. The molecule has 0 bridgehead atoms. The summed E-state index contributed by atoms with van der Waals surface area (Å²) >= 11 is 0. The summed E-state index contributed by atoms with van der Waals surface area (Å²) in [6.07, 6.45) is 0. The summed E-state index contributed by atoms with van der Waals surface area (Å²) in [5, 5.41) is 8.93. The summed E-state index contributed by atoms with van der Waals surface area (Å²) < 4.78 is 19.5. The molecule has 0 saturated carbocycles. The predicted molar refractivity (Wildman–Crippen MR) is 231 cm³/mol. The molecule has 9 aromatic carbocycles. The number of nitrogens with zero attached hydrogens (tertiary/aromatic N) is 1. The Morgan fingerprint density at radius 2 is 0.946 bits per heavy atom. The lowest BCUT2D eigenvalue weighted by Crippen LogP contribution is -2.10. The summed E-state index contributed by atoms with van der Waals surface area (Å²) in [7, 11) is 0. The molecular formula is C52H31NO3. The van der Waals surface area contributed by atoms with Gasteiger partial charge in [0.1, 0.15) is 33.5 Å². The molecule has 0 saturated heterocycles. The summed E-state index contributed by atoms with van der Waals surface area (Å²) in [4.78, 5) is 2.34. The number of furan rings is 3. The second-order valence-electron chi connectivity index (χ2n) is 14.4.